The molecule has 0 bridgehead atoms. The lowest BCUT2D eigenvalue weighted by atomic mass is 10.1. The number of benzene rings is 1. The maximum atomic E-state index is 12.4. The first-order valence-electron chi connectivity index (χ1n) is 5.99. The van der Waals surface area contributed by atoms with E-state index in [1.807, 2.05) is 44.3 Å². The highest BCUT2D eigenvalue weighted by Crippen LogP contribution is 2.20. The van der Waals surface area contributed by atoms with E-state index in [2.05, 4.69) is 20.9 Å². The predicted octanol–water partition coefficient (Wildman–Crippen LogP) is 3.42. The number of carbonyl (C=O) groups excluding carboxylic acids is 1. The molecule has 1 aromatic heterocycles. The van der Waals surface area contributed by atoms with Crippen molar-refractivity contribution in [3.8, 4) is 0 Å². The van der Waals surface area contributed by atoms with E-state index in [1.165, 1.54) is 0 Å². The normalized spacial score (nSPS) is 10.3. The number of amides is 1. The van der Waals surface area contributed by atoms with Gasteiger partial charge in [-0.25, -0.2) is 0 Å². The molecule has 0 saturated carbocycles. The number of hydrogen-bond acceptors (Lipinski definition) is 2. The topological polar surface area (TPSA) is 33.2 Å². The summed E-state index contributed by atoms with van der Waals surface area (Å²) in [6.07, 6.45) is 3.47. The molecule has 0 saturated heterocycles. The summed E-state index contributed by atoms with van der Waals surface area (Å²) < 4.78 is 0.954. The number of carbonyl (C=O) groups is 1. The van der Waals surface area contributed by atoms with E-state index < -0.39 is 0 Å². The molecular weight excluding hydrogens is 304 g/mol. The molecule has 0 spiro atoms. The summed E-state index contributed by atoms with van der Waals surface area (Å²) in [6.45, 7) is 2.52. The lowest BCUT2D eigenvalue weighted by Gasteiger charge is -2.18. The first-order valence-corrected chi connectivity index (χ1v) is 6.78. The SMILES string of the molecule is Cc1c(Br)cccc1C(=O)N(C)Cc1ccncc1. The molecule has 1 heterocycles. The van der Waals surface area contributed by atoms with Gasteiger partial charge in [0.15, 0.2) is 0 Å². The Morgan fingerprint density at radius 3 is 2.63 bits per heavy atom. The molecule has 0 N–H and O–H groups in total. The van der Waals surface area contributed by atoms with E-state index in [-0.39, 0.29) is 5.91 Å². The minimum absolute atomic E-state index is 0.0237. The zero-order valence-electron chi connectivity index (χ0n) is 10.9. The molecule has 0 radical (unpaired) electrons. The molecule has 3 nitrogen and oxygen atoms in total. The molecule has 0 aliphatic rings. The highest BCUT2D eigenvalue weighted by Gasteiger charge is 2.15. The second-order valence-corrected chi connectivity index (χ2v) is 5.28. The van der Waals surface area contributed by atoms with Crippen molar-refractivity contribution < 1.29 is 4.79 Å². The highest BCUT2D eigenvalue weighted by molar-refractivity contribution is 9.10. The van der Waals surface area contributed by atoms with Gasteiger partial charge >= 0.3 is 0 Å². The quantitative estimate of drug-likeness (QED) is 0.868. The first kappa shape index (κ1) is 13.7. The van der Waals surface area contributed by atoms with Crippen LogP contribution in [0.5, 0.6) is 0 Å². The zero-order valence-corrected chi connectivity index (χ0v) is 12.5. The zero-order chi connectivity index (χ0) is 13.8. The summed E-state index contributed by atoms with van der Waals surface area (Å²) in [4.78, 5) is 18.1. The molecule has 19 heavy (non-hydrogen) atoms. The number of hydrogen-bond donors (Lipinski definition) is 0. The average Bonchev–Trinajstić information content (AvgIpc) is 2.42. The van der Waals surface area contributed by atoms with Crippen LogP contribution in [0.3, 0.4) is 0 Å². The van der Waals surface area contributed by atoms with Gasteiger partial charge in [0.25, 0.3) is 5.91 Å². The summed E-state index contributed by atoms with van der Waals surface area (Å²) in [6, 6.07) is 9.50. The van der Waals surface area contributed by atoms with E-state index >= 15 is 0 Å². The Hall–Kier alpha value is -1.68. The Kier molecular flexibility index (Phi) is 4.32. The van der Waals surface area contributed by atoms with Crippen molar-refractivity contribution in [3.05, 3.63) is 63.9 Å². The Balaban J connectivity index is 2.18. The Morgan fingerprint density at radius 1 is 1.26 bits per heavy atom. The van der Waals surface area contributed by atoms with Crippen LogP contribution in [0.15, 0.2) is 47.2 Å². The van der Waals surface area contributed by atoms with E-state index in [1.54, 1.807) is 17.3 Å². The molecule has 4 heteroatoms. The fourth-order valence-corrected chi connectivity index (χ4v) is 2.24. The molecule has 0 fully saturated rings. The summed E-state index contributed by atoms with van der Waals surface area (Å²) in [5.74, 6) is 0.0237. The Bertz CT molecular complexity index is 584. The third-order valence-corrected chi connectivity index (χ3v) is 3.87. The van der Waals surface area contributed by atoms with Gasteiger partial charge < -0.3 is 4.90 Å². The lowest BCUT2D eigenvalue weighted by molar-refractivity contribution is 0.0784. The molecule has 0 unspecified atom stereocenters. The van der Waals surface area contributed by atoms with E-state index in [4.69, 9.17) is 0 Å². The van der Waals surface area contributed by atoms with Gasteiger partial charge in [-0.05, 0) is 42.3 Å². The largest absolute Gasteiger partial charge is 0.337 e. The molecule has 2 aromatic rings. The van der Waals surface area contributed by atoms with Crippen molar-refractivity contribution in [1.29, 1.82) is 0 Å². The van der Waals surface area contributed by atoms with Crippen LogP contribution >= 0.6 is 15.9 Å². The number of pyridine rings is 1. The first-order chi connectivity index (χ1) is 9.09. The fourth-order valence-electron chi connectivity index (χ4n) is 1.88. The highest BCUT2D eigenvalue weighted by atomic mass is 79.9. The number of nitrogens with zero attached hydrogens (tertiary/aromatic N) is 2. The van der Waals surface area contributed by atoms with E-state index in [9.17, 15) is 4.79 Å². The molecule has 0 atom stereocenters. The number of halogens is 1. The molecule has 0 aliphatic heterocycles. The van der Waals surface area contributed by atoms with E-state index in [0.717, 1.165) is 21.2 Å². The summed E-state index contributed by atoms with van der Waals surface area (Å²) in [7, 11) is 1.81. The van der Waals surface area contributed by atoms with Gasteiger partial charge in [-0.15, -0.1) is 0 Å². The van der Waals surface area contributed by atoms with Gasteiger partial charge in [0, 0.05) is 36.0 Å². The van der Waals surface area contributed by atoms with Crippen LogP contribution in [0.25, 0.3) is 0 Å². The monoisotopic (exact) mass is 318 g/mol. The Labute approximate surface area is 121 Å². The van der Waals surface area contributed by atoms with Crippen molar-refractivity contribution in [3.63, 3.8) is 0 Å². The van der Waals surface area contributed by atoms with Gasteiger partial charge in [0.05, 0.1) is 0 Å². The molecule has 1 amide bonds. The van der Waals surface area contributed by atoms with Crippen LogP contribution in [0, 0.1) is 6.92 Å². The van der Waals surface area contributed by atoms with Crippen LogP contribution in [0.4, 0.5) is 0 Å². The maximum Gasteiger partial charge on any atom is 0.254 e. The van der Waals surface area contributed by atoms with Gasteiger partial charge in [-0.3, -0.25) is 9.78 Å². The van der Waals surface area contributed by atoms with Crippen molar-refractivity contribution in [2.24, 2.45) is 0 Å². The van der Waals surface area contributed by atoms with Crippen molar-refractivity contribution in [1.82, 2.24) is 9.88 Å². The van der Waals surface area contributed by atoms with Crippen LogP contribution in [0.2, 0.25) is 0 Å². The third kappa shape index (κ3) is 3.20. The Morgan fingerprint density at radius 2 is 1.95 bits per heavy atom. The average molecular weight is 319 g/mol. The molecule has 0 aliphatic carbocycles. The third-order valence-electron chi connectivity index (χ3n) is 3.01. The summed E-state index contributed by atoms with van der Waals surface area (Å²) in [5.41, 5.74) is 2.76. The maximum absolute atomic E-state index is 12.4. The molecular formula is C15H15BrN2O. The van der Waals surface area contributed by atoms with Gasteiger partial charge in [-0.2, -0.15) is 0 Å². The van der Waals surface area contributed by atoms with Gasteiger partial charge in [0.2, 0.25) is 0 Å². The molecule has 1 aromatic carbocycles. The van der Waals surface area contributed by atoms with Crippen LogP contribution in [0.1, 0.15) is 21.5 Å². The van der Waals surface area contributed by atoms with Crippen LogP contribution in [-0.4, -0.2) is 22.8 Å². The lowest BCUT2D eigenvalue weighted by Crippen LogP contribution is -2.26. The second-order valence-electron chi connectivity index (χ2n) is 4.43. The van der Waals surface area contributed by atoms with E-state index in [0.29, 0.717) is 6.54 Å². The van der Waals surface area contributed by atoms with Crippen molar-refractivity contribution >= 4 is 21.8 Å². The second kappa shape index (κ2) is 5.97. The predicted molar refractivity (Wildman–Crippen MR) is 78.9 cm³/mol. The fraction of sp³-hybridized carbons (Fsp3) is 0.200. The number of aromatic nitrogens is 1. The minimum Gasteiger partial charge on any atom is -0.337 e. The van der Waals surface area contributed by atoms with Gasteiger partial charge in [0.1, 0.15) is 0 Å². The summed E-state index contributed by atoms with van der Waals surface area (Å²) in [5, 5.41) is 0. The minimum atomic E-state index is 0.0237. The van der Waals surface area contributed by atoms with Crippen molar-refractivity contribution in [2.45, 2.75) is 13.5 Å². The van der Waals surface area contributed by atoms with Gasteiger partial charge in [-0.1, -0.05) is 22.0 Å². The number of rotatable bonds is 3. The smallest absolute Gasteiger partial charge is 0.254 e. The van der Waals surface area contributed by atoms with Crippen LogP contribution < -0.4 is 0 Å². The van der Waals surface area contributed by atoms with Crippen molar-refractivity contribution in [2.75, 3.05) is 7.05 Å². The standard InChI is InChI=1S/C15H15BrN2O/c1-11-13(4-3-5-14(11)16)15(19)18(2)10-12-6-8-17-9-7-12/h3-9H,10H2,1-2H3. The molecule has 98 valence electrons. The molecule has 2 rings (SSSR count). The van der Waals surface area contributed by atoms with Crippen LogP contribution in [-0.2, 0) is 6.54 Å². The summed E-state index contributed by atoms with van der Waals surface area (Å²) >= 11 is 3.45.